The molecule has 1 atom stereocenters. The SMILES string of the molecule is O=C(O)c1ccc(SCCC2CCCO2)o1. The molecule has 1 unspecified atom stereocenters. The third-order valence-electron chi connectivity index (χ3n) is 2.50. The quantitative estimate of drug-likeness (QED) is 0.804. The van der Waals surface area contributed by atoms with Crippen LogP contribution in [0.5, 0.6) is 0 Å². The van der Waals surface area contributed by atoms with Gasteiger partial charge in [0.25, 0.3) is 0 Å². The zero-order valence-corrected chi connectivity index (χ0v) is 9.66. The normalized spacial score (nSPS) is 20.1. The van der Waals surface area contributed by atoms with Gasteiger partial charge < -0.3 is 14.3 Å². The van der Waals surface area contributed by atoms with E-state index >= 15 is 0 Å². The van der Waals surface area contributed by atoms with Crippen LogP contribution >= 0.6 is 11.8 Å². The van der Waals surface area contributed by atoms with Gasteiger partial charge in [-0.15, -0.1) is 0 Å². The molecule has 0 aromatic carbocycles. The van der Waals surface area contributed by atoms with Crippen molar-refractivity contribution in [1.29, 1.82) is 0 Å². The smallest absolute Gasteiger partial charge is 0.371 e. The summed E-state index contributed by atoms with van der Waals surface area (Å²) in [5.41, 5.74) is 0. The van der Waals surface area contributed by atoms with Crippen molar-refractivity contribution >= 4 is 17.7 Å². The van der Waals surface area contributed by atoms with Crippen LogP contribution in [-0.2, 0) is 4.74 Å². The number of ether oxygens (including phenoxy) is 1. The van der Waals surface area contributed by atoms with Crippen LogP contribution < -0.4 is 0 Å². The highest BCUT2D eigenvalue weighted by molar-refractivity contribution is 7.99. The van der Waals surface area contributed by atoms with E-state index in [-0.39, 0.29) is 5.76 Å². The minimum Gasteiger partial charge on any atom is -0.475 e. The molecule has 1 fully saturated rings. The predicted molar refractivity (Wildman–Crippen MR) is 60.0 cm³/mol. The van der Waals surface area contributed by atoms with Crippen LogP contribution in [0.2, 0.25) is 0 Å². The maximum atomic E-state index is 10.6. The van der Waals surface area contributed by atoms with E-state index in [0.717, 1.165) is 31.6 Å². The Hall–Kier alpha value is -0.940. The number of carboxylic acids is 1. The maximum Gasteiger partial charge on any atom is 0.371 e. The molecule has 0 radical (unpaired) electrons. The van der Waals surface area contributed by atoms with Crippen molar-refractivity contribution in [3.05, 3.63) is 17.9 Å². The number of aromatic carboxylic acids is 1. The Kier molecular flexibility index (Phi) is 3.90. The number of thioether (sulfide) groups is 1. The molecule has 1 aliphatic rings. The van der Waals surface area contributed by atoms with Crippen LogP contribution in [0.3, 0.4) is 0 Å². The number of carboxylic acid groups (broad SMARTS) is 1. The molecular formula is C11H14O4S. The molecule has 16 heavy (non-hydrogen) atoms. The van der Waals surface area contributed by atoms with Crippen molar-refractivity contribution in [3.63, 3.8) is 0 Å². The fourth-order valence-electron chi connectivity index (χ4n) is 1.68. The van der Waals surface area contributed by atoms with Gasteiger partial charge >= 0.3 is 5.97 Å². The molecule has 88 valence electrons. The molecule has 0 aliphatic carbocycles. The Bertz CT molecular complexity index is 355. The van der Waals surface area contributed by atoms with E-state index in [1.165, 1.54) is 17.8 Å². The molecule has 1 saturated heterocycles. The van der Waals surface area contributed by atoms with Gasteiger partial charge in [-0.3, -0.25) is 0 Å². The van der Waals surface area contributed by atoms with Gasteiger partial charge in [-0.2, -0.15) is 0 Å². The Morgan fingerprint density at radius 3 is 3.06 bits per heavy atom. The van der Waals surface area contributed by atoms with E-state index in [2.05, 4.69) is 0 Å². The molecule has 0 saturated carbocycles. The van der Waals surface area contributed by atoms with Crippen LogP contribution in [0.4, 0.5) is 0 Å². The van der Waals surface area contributed by atoms with E-state index in [1.54, 1.807) is 6.07 Å². The maximum absolute atomic E-state index is 10.6. The summed E-state index contributed by atoms with van der Waals surface area (Å²) >= 11 is 1.54. The van der Waals surface area contributed by atoms with Crippen molar-refractivity contribution in [3.8, 4) is 0 Å². The van der Waals surface area contributed by atoms with Crippen LogP contribution in [0.25, 0.3) is 0 Å². The zero-order valence-electron chi connectivity index (χ0n) is 8.85. The Morgan fingerprint density at radius 1 is 1.56 bits per heavy atom. The molecule has 1 aromatic heterocycles. The summed E-state index contributed by atoms with van der Waals surface area (Å²) in [5, 5.41) is 9.34. The van der Waals surface area contributed by atoms with Crippen LogP contribution in [0.1, 0.15) is 29.8 Å². The summed E-state index contributed by atoms with van der Waals surface area (Å²) in [5.74, 6) is -0.123. The highest BCUT2D eigenvalue weighted by atomic mass is 32.2. The minimum absolute atomic E-state index is 0.000355. The van der Waals surface area contributed by atoms with Gasteiger partial charge in [-0.25, -0.2) is 4.79 Å². The van der Waals surface area contributed by atoms with E-state index in [0.29, 0.717) is 11.2 Å². The molecule has 1 aromatic rings. The van der Waals surface area contributed by atoms with Gasteiger partial charge in [0, 0.05) is 12.4 Å². The van der Waals surface area contributed by atoms with Crippen molar-refractivity contribution < 1.29 is 19.1 Å². The lowest BCUT2D eigenvalue weighted by atomic mass is 10.2. The first-order valence-electron chi connectivity index (χ1n) is 5.33. The summed E-state index contributed by atoms with van der Waals surface area (Å²) in [6.45, 7) is 0.874. The van der Waals surface area contributed by atoms with Crippen LogP contribution in [0.15, 0.2) is 21.6 Å². The molecule has 2 heterocycles. The topological polar surface area (TPSA) is 59.7 Å². The molecule has 2 rings (SSSR count). The highest BCUT2D eigenvalue weighted by Gasteiger charge is 2.15. The molecule has 4 nitrogen and oxygen atoms in total. The highest BCUT2D eigenvalue weighted by Crippen LogP contribution is 2.24. The second kappa shape index (κ2) is 5.41. The van der Waals surface area contributed by atoms with Crippen molar-refractivity contribution in [1.82, 2.24) is 0 Å². The largest absolute Gasteiger partial charge is 0.475 e. The first kappa shape index (κ1) is 11.5. The molecule has 1 N–H and O–H groups in total. The van der Waals surface area contributed by atoms with Gasteiger partial charge in [0.15, 0.2) is 5.09 Å². The Balaban J connectivity index is 1.74. The van der Waals surface area contributed by atoms with Gasteiger partial charge in [0.05, 0.1) is 6.10 Å². The predicted octanol–water partition coefficient (Wildman–Crippen LogP) is 2.64. The molecule has 0 spiro atoms. The summed E-state index contributed by atoms with van der Waals surface area (Å²) in [6, 6.07) is 3.18. The number of hydrogen-bond acceptors (Lipinski definition) is 4. The van der Waals surface area contributed by atoms with Crippen LogP contribution in [-0.4, -0.2) is 29.5 Å². The number of carbonyl (C=O) groups is 1. The van der Waals surface area contributed by atoms with Gasteiger partial charge in [-0.05, 0) is 31.4 Å². The summed E-state index contributed by atoms with van der Waals surface area (Å²) < 4.78 is 10.6. The van der Waals surface area contributed by atoms with Gasteiger partial charge in [0.1, 0.15) is 0 Å². The zero-order chi connectivity index (χ0) is 11.4. The Labute approximate surface area is 98.0 Å². The van der Waals surface area contributed by atoms with E-state index in [9.17, 15) is 4.79 Å². The summed E-state index contributed by atoms with van der Waals surface area (Å²) in [6.07, 6.45) is 3.66. The first-order chi connectivity index (χ1) is 7.75. The third-order valence-corrected chi connectivity index (χ3v) is 3.44. The average Bonchev–Trinajstić information content (AvgIpc) is 2.87. The summed E-state index contributed by atoms with van der Waals surface area (Å²) in [7, 11) is 0. The number of furan rings is 1. The van der Waals surface area contributed by atoms with E-state index in [4.69, 9.17) is 14.3 Å². The third kappa shape index (κ3) is 3.02. The minimum atomic E-state index is -1.02. The van der Waals surface area contributed by atoms with E-state index in [1.807, 2.05) is 0 Å². The monoisotopic (exact) mass is 242 g/mol. The van der Waals surface area contributed by atoms with Gasteiger partial charge in [-0.1, -0.05) is 11.8 Å². The standard InChI is InChI=1S/C11H14O4S/c12-11(13)9-3-4-10(15-9)16-7-5-8-2-1-6-14-8/h3-4,8H,1-2,5-7H2,(H,12,13). The summed E-state index contributed by atoms with van der Waals surface area (Å²) in [4.78, 5) is 10.6. The molecule has 5 heteroatoms. The molecule has 0 bridgehead atoms. The fourth-order valence-corrected chi connectivity index (χ4v) is 2.57. The second-order valence-corrected chi connectivity index (χ2v) is 4.80. The number of rotatable bonds is 5. The van der Waals surface area contributed by atoms with Crippen molar-refractivity contribution in [2.75, 3.05) is 12.4 Å². The fraction of sp³-hybridized carbons (Fsp3) is 0.545. The molecule has 1 aliphatic heterocycles. The molecular weight excluding hydrogens is 228 g/mol. The first-order valence-corrected chi connectivity index (χ1v) is 6.32. The van der Waals surface area contributed by atoms with Crippen LogP contribution in [0, 0.1) is 0 Å². The lowest BCUT2D eigenvalue weighted by Crippen LogP contribution is -2.05. The van der Waals surface area contributed by atoms with Crippen molar-refractivity contribution in [2.45, 2.75) is 30.5 Å². The Morgan fingerprint density at radius 2 is 2.44 bits per heavy atom. The van der Waals surface area contributed by atoms with Gasteiger partial charge in [0.2, 0.25) is 5.76 Å². The molecule has 0 amide bonds. The second-order valence-electron chi connectivity index (χ2n) is 3.70. The average molecular weight is 242 g/mol. The van der Waals surface area contributed by atoms with Crippen molar-refractivity contribution in [2.24, 2.45) is 0 Å². The lowest BCUT2D eigenvalue weighted by molar-refractivity contribution is 0.0656. The van der Waals surface area contributed by atoms with E-state index < -0.39 is 5.97 Å². The number of hydrogen-bond donors (Lipinski definition) is 1. The lowest BCUT2D eigenvalue weighted by Gasteiger charge is -2.06.